The van der Waals surface area contributed by atoms with E-state index in [1.807, 2.05) is 17.5 Å². The molecule has 1 aromatic heterocycles. The van der Waals surface area contributed by atoms with Gasteiger partial charge in [0.25, 0.3) is 0 Å². The number of methoxy groups -OCH3 is 1. The van der Waals surface area contributed by atoms with E-state index in [0.717, 1.165) is 4.88 Å². The number of amides is 2. The van der Waals surface area contributed by atoms with Crippen molar-refractivity contribution >= 4 is 40.9 Å². The second kappa shape index (κ2) is 7.63. The van der Waals surface area contributed by atoms with E-state index in [9.17, 15) is 14.4 Å². The first-order valence-electron chi connectivity index (χ1n) is 8.40. The Kier molecular flexibility index (Phi) is 5.22. The first-order valence-corrected chi connectivity index (χ1v) is 10.2. The van der Waals surface area contributed by atoms with Crippen molar-refractivity contribution in [1.29, 1.82) is 0 Å². The van der Waals surface area contributed by atoms with Crippen LogP contribution in [-0.4, -0.2) is 66.8 Å². The second-order valence-electron chi connectivity index (χ2n) is 6.19. The number of nitrogens with zero attached hydrogens (tertiary/aromatic N) is 1. The smallest absolute Gasteiger partial charge is 0.333 e. The Morgan fingerprint density at radius 2 is 2.15 bits per heavy atom. The Morgan fingerprint density at radius 1 is 1.37 bits per heavy atom. The molecule has 2 saturated heterocycles. The zero-order chi connectivity index (χ0) is 19.0. The standard InChI is InChI=1S/C17H18N2O6S2/c1-23-16(22)13-10(17-24-4-5-25-17)8-27-15-12(14(21)19(13)15)18-11(20)7-9-3-2-6-26-9/h2-3,6,8,12-13,15,17H,4-5,7H2,1H3,(H,18,20)/t12?,13?,15-/m0/s1. The Balaban J connectivity index is 1.48. The van der Waals surface area contributed by atoms with Crippen LogP contribution >= 0.6 is 23.1 Å². The number of hydrogen-bond acceptors (Lipinski definition) is 8. The lowest BCUT2D eigenvalue weighted by Gasteiger charge is -2.52. The summed E-state index contributed by atoms with van der Waals surface area (Å²) in [4.78, 5) is 39.7. The first kappa shape index (κ1) is 18.5. The third kappa shape index (κ3) is 3.38. The number of carbonyl (C=O) groups is 3. The molecule has 0 radical (unpaired) electrons. The SMILES string of the molecule is COC(=O)C1C(C2OCCO2)=CS[C@H]2C(NC(=O)Cc3cccs3)C(=O)N12. The van der Waals surface area contributed by atoms with E-state index in [2.05, 4.69) is 5.32 Å². The number of esters is 1. The molecule has 0 saturated carbocycles. The molecule has 1 aromatic rings. The van der Waals surface area contributed by atoms with Crippen LogP contribution in [0.25, 0.3) is 0 Å². The van der Waals surface area contributed by atoms with Crippen molar-refractivity contribution in [2.24, 2.45) is 0 Å². The number of hydrogen-bond donors (Lipinski definition) is 1. The van der Waals surface area contributed by atoms with E-state index in [4.69, 9.17) is 14.2 Å². The molecule has 0 bridgehead atoms. The Bertz CT molecular complexity index is 774. The van der Waals surface area contributed by atoms with E-state index < -0.39 is 24.3 Å². The van der Waals surface area contributed by atoms with E-state index in [0.29, 0.717) is 18.8 Å². The van der Waals surface area contributed by atoms with Gasteiger partial charge in [0.05, 0.1) is 26.7 Å². The summed E-state index contributed by atoms with van der Waals surface area (Å²) in [6, 6.07) is 2.18. The first-order chi connectivity index (χ1) is 13.1. The molecule has 4 rings (SSSR count). The van der Waals surface area contributed by atoms with Gasteiger partial charge < -0.3 is 24.4 Å². The molecule has 27 heavy (non-hydrogen) atoms. The van der Waals surface area contributed by atoms with Gasteiger partial charge in [0.15, 0.2) is 12.3 Å². The van der Waals surface area contributed by atoms with Crippen LogP contribution in [0.5, 0.6) is 0 Å². The van der Waals surface area contributed by atoms with Gasteiger partial charge in [-0.15, -0.1) is 23.1 Å². The minimum atomic E-state index is -0.901. The lowest BCUT2D eigenvalue weighted by molar-refractivity contribution is -0.163. The van der Waals surface area contributed by atoms with Crippen molar-refractivity contribution in [2.75, 3.05) is 20.3 Å². The van der Waals surface area contributed by atoms with Gasteiger partial charge in [-0.2, -0.15) is 0 Å². The summed E-state index contributed by atoms with van der Waals surface area (Å²) in [5.74, 6) is -1.09. The number of β-lactam (4-membered cyclic amide) rings is 1. The molecular formula is C17H18N2O6S2. The minimum absolute atomic E-state index is 0.220. The lowest BCUT2D eigenvalue weighted by Crippen LogP contribution is -2.74. The summed E-state index contributed by atoms with van der Waals surface area (Å²) in [5, 5.41) is 6.10. The van der Waals surface area contributed by atoms with E-state index in [1.54, 1.807) is 5.41 Å². The zero-order valence-electron chi connectivity index (χ0n) is 14.5. The molecule has 8 nitrogen and oxygen atoms in total. The average Bonchev–Trinajstić information content (AvgIpc) is 3.38. The molecule has 0 aromatic carbocycles. The molecule has 0 spiro atoms. The number of fused-ring (bicyclic) bond motifs is 1. The fourth-order valence-electron chi connectivity index (χ4n) is 3.30. The molecule has 2 amide bonds. The molecule has 144 valence electrons. The van der Waals surface area contributed by atoms with Crippen LogP contribution in [0.2, 0.25) is 0 Å². The van der Waals surface area contributed by atoms with Crippen molar-refractivity contribution in [1.82, 2.24) is 10.2 Å². The summed E-state index contributed by atoms with van der Waals surface area (Å²) in [6.45, 7) is 0.860. The highest BCUT2D eigenvalue weighted by molar-refractivity contribution is 8.03. The van der Waals surface area contributed by atoms with Gasteiger partial charge in [0, 0.05) is 10.5 Å². The summed E-state index contributed by atoms with van der Waals surface area (Å²) in [5.41, 5.74) is 0.553. The molecule has 4 heterocycles. The van der Waals surface area contributed by atoms with Gasteiger partial charge in [-0.3, -0.25) is 9.59 Å². The van der Waals surface area contributed by atoms with Crippen molar-refractivity contribution in [3.8, 4) is 0 Å². The fraction of sp³-hybridized carbons (Fsp3) is 0.471. The van der Waals surface area contributed by atoms with Gasteiger partial charge in [-0.25, -0.2) is 4.79 Å². The molecule has 1 N–H and O–H groups in total. The highest BCUT2D eigenvalue weighted by Crippen LogP contribution is 2.42. The third-order valence-electron chi connectivity index (χ3n) is 4.57. The quantitative estimate of drug-likeness (QED) is 0.558. The molecule has 10 heteroatoms. The van der Waals surface area contributed by atoms with Crippen molar-refractivity contribution in [3.05, 3.63) is 33.4 Å². The van der Waals surface area contributed by atoms with Crippen molar-refractivity contribution < 1.29 is 28.6 Å². The molecule has 0 aliphatic carbocycles. The number of thiophene rings is 1. The topological polar surface area (TPSA) is 94.2 Å². The van der Waals surface area contributed by atoms with Crippen LogP contribution in [0.4, 0.5) is 0 Å². The maximum absolute atomic E-state index is 12.7. The van der Waals surface area contributed by atoms with Gasteiger partial charge in [0.2, 0.25) is 11.8 Å². The molecule has 3 aliphatic rings. The number of rotatable bonds is 5. The van der Waals surface area contributed by atoms with E-state index in [1.165, 1.54) is 35.1 Å². The van der Waals surface area contributed by atoms with Crippen LogP contribution < -0.4 is 5.32 Å². The molecule has 3 aliphatic heterocycles. The van der Waals surface area contributed by atoms with Crippen LogP contribution in [-0.2, 0) is 35.0 Å². The summed E-state index contributed by atoms with van der Waals surface area (Å²) >= 11 is 2.85. The predicted octanol–water partition coefficient (Wildman–Crippen LogP) is 0.489. The number of thioether (sulfide) groups is 1. The van der Waals surface area contributed by atoms with Crippen LogP contribution in [0.1, 0.15) is 4.88 Å². The highest BCUT2D eigenvalue weighted by Gasteiger charge is 2.57. The van der Waals surface area contributed by atoms with E-state index in [-0.39, 0.29) is 23.6 Å². The average molecular weight is 410 g/mol. The van der Waals surface area contributed by atoms with Gasteiger partial charge in [0.1, 0.15) is 11.4 Å². The largest absolute Gasteiger partial charge is 0.467 e. The summed E-state index contributed by atoms with van der Waals surface area (Å²) < 4.78 is 15.9. The zero-order valence-corrected chi connectivity index (χ0v) is 16.1. The van der Waals surface area contributed by atoms with Gasteiger partial charge in [-0.1, -0.05) is 6.07 Å². The fourth-order valence-corrected chi connectivity index (χ4v) is 5.24. The Morgan fingerprint density at radius 3 is 2.81 bits per heavy atom. The second-order valence-corrected chi connectivity index (χ2v) is 8.21. The molecule has 2 fully saturated rings. The monoisotopic (exact) mass is 410 g/mol. The number of carbonyl (C=O) groups excluding carboxylic acids is 3. The maximum Gasteiger partial charge on any atom is 0.333 e. The minimum Gasteiger partial charge on any atom is -0.467 e. The van der Waals surface area contributed by atoms with Crippen LogP contribution in [0.15, 0.2) is 28.5 Å². The lowest BCUT2D eigenvalue weighted by atomic mass is 9.97. The van der Waals surface area contributed by atoms with Gasteiger partial charge >= 0.3 is 5.97 Å². The number of ether oxygens (including phenoxy) is 3. The van der Waals surface area contributed by atoms with Crippen molar-refractivity contribution in [3.63, 3.8) is 0 Å². The highest BCUT2D eigenvalue weighted by atomic mass is 32.2. The normalized spacial score (nSPS) is 27.6. The van der Waals surface area contributed by atoms with Crippen LogP contribution in [0, 0.1) is 0 Å². The summed E-state index contributed by atoms with van der Waals surface area (Å²) in [7, 11) is 1.28. The van der Waals surface area contributed by atoms with Crippen molar-refractivity contribution in [2.45, 2.75) is 30.2 Å². The molecule has 3 atom stereocenters. The van der Waals surface area contributed by atoms with Gasteiger partial charge in [-0.05, 0) is 16.9 Å². The van der Waals surface area contributed by atoms with Crippen LogP contribution in [0.3, 0.4) is 0 Å². The predicted molar refractivity (Wildman–Crippen MR) is 97.8 cm³/mol. The Hall–Kier alpha value is -1.88. The maximum atomic E-state index is 12.7. The number of nitrogens with one attached hydrogen (secondary N) is 1. The molecular weight excluding hydrogens is 392 g/mol. The summed E-state index contributed by atoms with van der Waals surface area (Å²) in [6.07, 6.45) is -0.438. The molecule has 2 unspecified atom stereocenters. The van der Waals surface area contributed by atoms with E-state index >= 15 is 0 Å². The Labute approximate surface area is 163 Å². The third-order valence-corrected chi connectivity index (χ3v) is 6.63.